The van der Waals surface area contributed by atoms with Gasteiger partial charge in [0, 0.05) is 42.8 Å². The fourth-order valence-electron chi connectivity index (χ4n) is 5.04. The van der Waals surface area contributed by atoms with E-state index in [-0.39, 0.29) is 17.7 Å². The minimum absolute atomic E-state index is 0.0804. The van der Waals surface area contributed by atoms with Crippen LogP contribution in [0, 0.1) is 0 Å². The van der Waals surface area contributed by atoms with Crippen molar-refractivity contribution in [3.05, 3.63) is 71.1 Å². The molecule has 0 aliphatic carbocycles. The van der Waals surface area contributed by atoms with E-state index in [4.69, 9.17) is 9.47 Å². The molecular formula is C29H33N3O4. The van der Waals surface area contributed by atoms with Crippen molar-refractivity contribution in [1.82, 2.24) is 15.2 Å². The highest BCUT2D eigenvalue weighted by Gasteiger charge is 2.31. The summed E-state index contributed by atoms with van der Waals surface area (Å²) >= 11 is 0. The number of aromatic amines is 1. The van der Waals surface area contributed by atoms with Crippen LogP contribution < -0.4 is 14.8 Å². The van der Waals surface area contributed by atoms with Crippen LogP contribution in [0.3, 0.4) is 0 Å². The standard InChI is InChI=1S/C29H33N3O4/c1-19(2)29-28(34)27-24(9-5-10-25(27)36-29)35-16-6-13-32-14-11-21(12-15-32)31-26(33)17-20-18-30-23-8-4-3-7-22(20)23/h3-5,7-10,18,21,30H,6,11-17H2,1-2H3,(H,31,33). The average Bonchev–Trinajstić information content (AvgIpc) is 3.44. The Bertz CT molecular complexity index is 1300. The normalized spacial score (nSPS) is 16.2. The van der Waals surface area contributed by atoms with Crippen LogP contribution in [0.5, 0.6) is 11.5 Å². The van der Waals surface area contributed by atoms with Crippen molar-refractivity contribution in [2.24, 2.45) is 0 Å². The van der Waals surface area contributed by atoms with E-state index in [2.05, 4.69) is 15.2 Å². The first kappa shape index (κ1) is 24.1. The van der Waals surface area contributed by atoms with Gasteiger partial charge in [-0.15, -0.1) is 0 Å². The Balaban J connectivity index is 1.04. The van der Waals surface area contributed by atoms with Gasteiger partial charge in [0.05, 0.1) is 13.0 Å². The summed E-state index contributed by atoms with van der Waals surface area (Å²) in [5, 5.41) is 4.33. The lowest BCUT2D eigenvalue weighted by Gasteiger charge is -2.32. The van der Waals surface area contributed by atoms with Crippen molar-refractivity contribution in [3.8, 4) is 11.5 Å². The molecule has 0 unspecified atom stereocenters. The van der Waals surface area contributed by atoms with Crippen LogP contribution in [0.25, 0.3) is 10.9 Å². The summed E-state index contributed by atoms with van der Waals surface area (Å²) in [5.74, 6) is 1.54. The number of likely N-dealkylation sites (tertiary alicyclic amines) is 1. The van der Waals surface area contributed by atoms with E-state index < -0.39 is 0 Å². The van der Waals surface area contributed by atoms with Crippen LogP contribution in [0.15, 0.2) is 60.0 Å². The van der Waals surface area contributed by atoms with Gasteiger partial charge in [-0.05, 0) is 62.4 Å². The smallest absolute Gasteiger partial charge is 0.235 e. The fraction of sp³-hybridized carbons (Fsp3) is 0.379. The number of piperidine rings is 1. The summed E-state index contributed by atoms with van der Waals surface area (Å²) in [5.41, 5.74) is 3.49. The second-order valence-corrected chi connectivity index (χ2v) is 9.81. The molecule has 3 aromatic rings. The molecule has 0 radical (unpaired) electrons. The predicted octanol–water partition coefficient (Wildman–Crippen LogP) is 4.63. The van der Waals surface area contributed by atoms with Gasteiger partial charge in [-0.3, -0.25) is 9.59 Å². The zero-order valence-corrected chi connectivity index (χ0v) is 20.9. The molecule has 2 aliphatic rings. The van der Waals surface area contributed by atoms with Gasteiger partial charge in [-0.2, -0.15) is 0 Å². The molecule has 0 saturated carbocycles. The third-order valence-electron chi connectivity index (χ3n) is 6.94. The lowest BCUT2D eigenvalue weighted by molar-refractivity contribution is -0.121. The van der Waals surface area contributed by atoms with E-state index in [0.29, 0.717) is 35.8 Å². The van der Waals surface area contributed by atoms with Crippen LogP contribution in [-0.4, -0.2) is 53.9 Å². The minimum Gasteiger partial charge on any atom is -0.493 e. The molecule has 0 bridgehead atoms. The lowest BCUT2D eigenvalue weighted by atomic mass is 10.0. The van der Waals surface area contributed by atoms with Crippen LogP contribution in [0.1, 0.15) is 49.0 Å². The van der Waals surface area contributed by atoms with Gasteiger partial charge in [0.15, 0.2) is 5.76 Å². The number of ketones is 1. The number of amides is 1. The van der Waals surface area contributed by atoms with E-state index in [0.717, 1.165) is 60.9 Å². The highest BCUT2D eigenvalue weighted by molar-refractivity contribution is 6.14. The molecule has 5 rings (SSSR count). The van der Waals surface area contributed by atoms with Gasteiger partial charge < -0.3 is 24.7 Å². The third kappa shape index (κ3) is 5.16. The van der Waals surface area contributed by atoms with Gasteiger partial charge in [-0.25, -0.2) is 0 Å². The number of ether oxygens (including phenoxy) is 2. The summed E-state index contributed by atoms with van der Waals surface area (Å²) in [6.45, 7) is 7.12. The van der Waals surface area contributed by atoms with Crippen LogP contribution in [0.4, 0.5) is 0 Å². The maximum atomic E-state index is 12.7. The molecule has 7 nitrogen and oxygen atoms in total. The molecule has 1 saturated heterocycles. The molecule has 2 N–H and O–H groups in total. The SMILES string of the molecule is CC(C)=C1Oc2cccc(OCCCN3CCC(NC(=O)Cc4c[nH]c5ccccc45)CC3)c2C1=O. The Morgan fingerprint density at radius 2 is 1.94 bits per heavy atom. The molecule has 188 valence electrons. The van der Waals surface area contributed by atoms with Crippen molar-refractivity contribution in [1.29, 1.82) is 0 Å². The Labute approximate surface area is 211 Å². The first-order chi connectivity index (χ1) is 17.5. The van der Waals surface area contributed by atoms with Crippen LogP contribution in [0.2, 0.25) is 0 Å². The number of para-hydroxylation sites is 1. The summed E-state index contributed by atoms with van der Waals surface area (Å²) in [6, 6.07) is 13.8. The number of benzene rings is 2. The van der Waals surface area contributed by atoms with Crippen molar-refractivity contribution in [2.75, 3.05) is 26.2 Å². The van der Waals surface area contributed by atoms with Gasteiger partial charge in [0.2, 0.25) is 11.7 Å². The van der Waals surface area contributed by atoms with E-state index in [1.165, 1.54) is 0 Å². The second-order valence-electron chi connectivity index (χ2n) is 9.81. The Kier molecular flexibility index (Phi) is 7.09. The molecule has 2 aliphatic heterocycles. The molecular weight excluding hydrogens is 454 g/mol. The molecule has 7 heteroatoms. The summed E-state index contributed by atoms with van der Waals surface area (Å²) in [7, 11) is 0. The minimum atomic E-state index is -0.102. The highest BCUT2D eigenvalue weighted by Crippen LogP contribution is 2.38. The second kappa shape index (κ2) is 10.6. The summed E-state index contributed by atoms with van der Waals surface area (Å²) in [4.78, 5) is 31.0. The van der Waals surface area contributed by atoms with Gasteiger partial charge in [0.25, 0.3) is 0 Å². The number of rotatable bonds is 8. The van der Waals surface area contributed by atoms with E-state index in [1.807, 2.05) is 56.4 Å². The quantitative estimate of drug-likeness (QED) is 0.358. The lowest BCUT2D eigenvalue weighted by Crippen LogP contribution is -2.45. The Morgan fingerprint density at radius 1 is 1.14 bits per heavy atom. The zero-order valence-electron chi connectivity index (χ0n) is 20.9. The van der Waals surface area contributed by atoms with E-state index >= 15 is 0 Å². The summed E-state index contributed by atoms with van der Waals surface area (Å²) < 4.78 is 11.7. The van der Waals surface area contributed by atoms with Crippen molar-refractivity contribution >= 4 is 22.6 Å². The number of Topliss-reactive ketones (excluding diaryl/α,β-unsaturated/α-hetero) is 1. The highest BCUT2D eigenvalue weighted by atomic mass is 16.5. The predicted molar refractivity (Wildman–Crippen MR) is 139 cm³/mol. The zero-order chi connectivity index (χ0) is 25.1. The number of hydrogen-bond donors (Lipinski definition) is 2. The number of fused-ring (bicyclic) bond motifs is 2. The number of nitrogens with zero attached hydrogens (tertiary/aromatic N) is 1. The Hall–Kier alpha value is -3.58. The van der Waals surface area contributed by atoms with Crippen molar-refractivity contribution in [2.45, 2.75) is 45.6 Å². The van der Waals surface area contributed by atoms with Gasteiger partial charge >= 0.3 is 0 Å². The topological polar surface area (TPSA) is 83.7 Å². The first-order valence-electron chi connectivity index (χ1n) is 12.7. The van der Waals surface area contributed by atoms with Crippen molar-refractivity contribution < 1.29 is 19.1 Å². The van der Waals surface area contributed by atoms with E-state index in [1.54, 1.807) is 6.07 Å². The molecule has 2 aromatic carbocycles. The average molecular weight is 488 g/mol. The molecule has 3 heterocycles. The van der Waals surface area contributed by atoms with Gasteiger partial charge in [0.1, 0.15) is 17.1 Å². The maximum absolute atomic E-state index is 12.7. The summed E-state index contributed by atoms with van der Waals surface area (Å²) in [6.07, 6.45) is 5.09. The van der Waals surface area contributed by atoms with Gasteiger partial charge in [-0.1, -0.05) is 24.3 Å². The maximum Gasteiger partial charge on any atom is 0.235 e. The van der Waals surface area contributed by atoms with Crippen molar-refractivity contribution in [3.63, 3.8) is 0 Å². The number of allylic oxidation sites excluding steroid dienone is 2. The number of hydrogen-bond acceptors (Lipinski definition) is 5. The number of H-pyrrole nitrogens is 1. The first-order valence-corrected chi connectivity index (χ1v) is 12.7. The molecule has 0 atom stereocenters. The van der Waals surface area contributed by atoms with Crippen LogP contribution in [-0.2, 0) is 11.2 Å². The molecule has 0 spiro atoms. The number of nitrogens with one attached hydrogen (secondary N) is 2. The number of aromatic nitrogens is 1. The van der Waals surface area contributed by atoms with Crippen LogP contribution >= 0.6 is 0 Å². The largest absolute Gasteiger partial charge is 0.493 e. The van der Waals surface area contributed by atoms with E-state index in [9.17, 15) is 9.59 Å². The monoisotopic (exact) mass is 487 g/mol. The number of carbonyl (C=O) groups excluding carboxylic acids is 2. The molecule has 1 fully saturated rings. The molecule has 1 aromatic heterocycles. The molecule has 36 heavy (non-hydrogen) atoms. The number of carbonyl (C=O) groups is 2. The third-order valence-corrected chi connectivity index (χ3v) is 6.94. The molecule has 1 amide bonds. The fourth-order valence-corrected chi connectivity index (χ4v) is 5.04. The Morgan fingerprint density at radius 3 is 2.75 bits per heavy atom.